The molecule has 0 aliphatic rings. The van der Waals surface area contributed by atoms with E-state index in [9.17, 15) is 0 Å². The molecule has 0 radical (unpaired) electrons. The zero-order chi connectivity index (χ0) is 17.8. The van der Waals surface area contributed by atoms with Gasteiger partial charge in [0, 0.05) is 14.2 Å². The minimum absolute atomic E-state index is 0.213. The van der Waals surface area contributed by atoms with Crippen molar-refractivity contribution >= 4 is 0 Å². The summed E-state index contributed by atoms with van der Waals surface area (Å²) in [5, 5.41) is 0. The lowest BCUT2D eigenvalue weighted by Gasteiger charge is -2.22. The first-order valence-corrected chi connectivity index (χ1v) is 8.94. The van der Waals surface area contributed by atoms with Gasteiger partial charge >= 0.3 is 0 Å². The van der Waals surface area contributed by atoms with Gasteiger partial charge in [-0.15, -0.1) is 0 Å². The summed E-state index contributed by atoms with van der Waals surface area (Å²) in [6.45, 7) is 2.23. The molecule has 0 aliphatic heterocycles. The summed E-state index contributed by atoms with van der Waals surface area (Å²) in [5.74, 6) is 1.54. The zero-order valence-electron chi connectivity index (χ0n) is 16.0. The van der Waals surface area contributed by atoms with E-state index in [1.807, 2.05) is 12.1 Å². The third-order valence-electron chi connectivity index (χ3n) is 4.53. The predicted octanol–water partition coefficient (Wildman–Crippen LogP) is 4.64. The SMILES string of the molecule is CCCCCC(CC(CCc1ccc(OC)c(OC)c1)OC)OC. The molecule has 0 saturated heterocycles. The van der Waals surface area contributed by atoms with Crippen molar-refractivity contribution in [3.8, 4) is 11.5 Å². The molecule has 0 bridgehead atoms. The number of ether oxygens (including phenoxy) is 4. The van der Waals surface area contributed by atoms with Crippen molar-refractivity contribution in [3.05, 3.63) is 23.8 Å². The lowest BCUT2D eigenvalue weighted by atomic mass is 9.99. The van der Waals surface area contributed by atoms with E-state index in [1.165, 1.54) is 24.8 Å². The van der Waals surface area contributed by atoms with E-state index < -0.39 is 0 Å². The van der Waals surface area contributed by atoms with Gasteiger partial charge in [-0.1, -0.05) is 32.3 Å². The van der Waals surface area contributed by atoms with Crippen LogP contribution in [0.5, 0.6) is 11.5 Å². The van der Waals surface area contributed by atoms with Crippen LogP contribution in [-0.4, -0.2) is 40.6 Å². The largest absolute Gasteiger partial charge is 0.493 e. The van der Waals surface area contributed by atoms with Gasteiger partial charge < -0.3 is 18.9 Å². The Balaban J connectivity index is 2.53. The second-order valence-electron chi connectivity index (χ2n) is 6.17. The number of benzene rings is 1. The van der Waals surface area contributed by atoms with Crippen LogP contribution >= 0.6 is 0 Å². The Kier molecular flexibility index (Phi) is 10.5. The monoisotopic (exact) mass is 338 g/mol. The maximum absolute atomic E-state index is 5.68. The van der Waals surface area contributed by atoms with E-state index >= 15 is 0 Å². The first kappa shape index (κ1) is 20.8. The maximum atomic E-state index is 5.68. The maximum Gasteiger partial charge on any atom is 0.160 e. The average Bonchev–Trinajstić information content (AvgIpc) is 2.63. The van der Waals surface area contributed by atoms with Crippen LogP contribution in [0.25, 0.3) is 0 Å². The zero-order valence-corrected chi connectivity index (χ0v) is 16.0. The van der Waals surface area contributed by atoms with Crippen molar-refractivity contribution in [1.82, 2.24) is 0 Å². The van der Waals surface area contributed by atoms with Crippen LogP contribution in [0.3, 0.4) is 0 Å². The quantitative estimate of drug-likeness (QED) is 0.491. The average molecular weight is 338 g/mol. The number of unbranched alkanes of at least 4 members (excludes halogenated alkanes) is 2. The molecule has 138 valence electrons. The summed E-state index contributed by atoms with van der Waals surface area (Å²) in [5.41, 5.74) is 1.23. The Bertz CT molecular complexity index is 447. The van der Waals surface area contributed by atoms with Crippen LogP contribution in [0.2, 0.25) is 0 Å². The molecule has 1 rings (SSSR count). The lowest BCUT2D eigenvalue weighted by Crippen LogP contribution is -2.22. The molecular weight excluding hydrogens is 304 g/mol. The topological polar surface area (TPSA) is 36.9 Å². The molecular formula is C20H34O4. The van der Waals surface area contributed by atoms with E-state index in [0.29, 0.717) is 0 Å². The summed E-state index contributed by atoms with van der Waals surface area (Å²) in [7, 11) is 6.91. The fourth-order valence-electron chi connectivity index (χ4n) is 2.94. The summed E-state index contributed by atoms with van der Waals surface area (Å²) < 4.78 is 22.0. The Labute approximate surface area is 147 Å². The van der Waals surface area contributed by atoms with Crippen molar-refractivity contribution in [1.29, 1.82) is 0 Å². The van der Waals surface area contributed by atoms with E-state index in [1.54, 1.807) is 28.4 Å². The molecule has 2 unspecified atom stereocenters. The smallest absolute Gasteiger partial charge is 0.160 e. The molecule has 0 heterocycles. The van der Waals surface area contributed by atoms with Gasteiger partial charge in [0.25, 0.3) is 0 Å². The van der Waals surface area contributed by atoms with Gasteiger partial charge in [-0.2, -0.15) is 0 Å². The van der Waals surface area contributed by atoms with Gasteiger partial charge in [0.1, 0.15) is 0 Å². The molecule has 0 amide bonds. The first-order valence-electron chi connectivity index (χ1n) is 8.94. The minimum Gasteiger partial charge on any atom is -0.493 e. The van der Waals surface area contributed by atoms with Crippen molar-refractivity contribution in [3.63, 3.8) is 0 Å². The molecule has 24 heavy (non-hydrogen) atoms. The lowest BCUT2D eigenvalue weighted by molar-refractivity contribution is 0.0145. The molecule has 1 aromatic carbocycles. The van der Waals surface area contributed by atoms with Crippen LogP contribution < -0.4 is 9.47 Å². The highest BCUT2D eigenvalue weighted by Gasteiger charge is 2.16. The molecule has 0 saturated carbocycles. The van der Waals surface area contributed by atoms with E-state index in [4.69, 9.17) is 18.9 Å². The van der Waals surface area contributed by atoms with Crippen LogP contribution in [-0.2, 0) is 15.9 Å². The molecule has 0 N–H and O–H groups in total. The summed E-state index contributed by atoms with van der Waals surface area (Å²) in [6, 6.07) is 6.09. The Morgan fingerprint density at radius 3 is 2.08 bits per heavy atom. The molecule has 0 aromatic heterocycles. The third kappa shape index (κ3) is 7.10. The van der Waals surface area contributed by atoms with E-state index in [-0.39, 0.29) is 12.2 Å². The fourth-order valence-corrected chi connectivity index (χ4v) is 2.94. The van der Waals surface area contributed by atoms with Crippen LogP contribution in [0, 0.1) is 0 Å². The highest BCUT2D eigenvalue weighted by Crippen LogP contribution is 2.28. The second-order valence-corrected chi connectivity index (χ2v) is 6.17. The standard InChI is InChI=1S/C20H34O4/c1-6-7-8-9-17(21-2)15-18(22-3)12-10-16-11-13-19(23-4)20(14-16)24-5/h11,13-14,17-18H,6-10,12,15H2,1-5H3. The second kappa shape index (κ2) is 12.2. The Morgan fingerprint density at radius 1 is 0.833 bits per heavy atom. The van der Waals surface area contributed by atoms with Crippen molar-refractivity contribution in [2.24, 2.45) is 0 Å². The third-order valence-corrected chi connectivity index (χ3v) is 4.53. The number of aryl methyl sites for hydroxylation is 1. The van der Waals surface area contributed by atoms with Crippen LogP contribution in [0.4, 0.5) is 0 Å². The number of hydrogen-bond acceptors (Lipinski definition) is 4. The van der Waals surface area contributed by atoms with E-state index in [0.717, 1.165) is 37.2 Å². The number of rotatable bonds is 13. The van der Waals surface area contributed by atoms with Crippen molar-refractivity contribution in [2.75, 3.05) is 28.4 Å². The molecule has 4 heteroatoms. The van der Waals surface area contributed by atoms with Gasteiger partial charge in [0.2, 0.25) is 0 Å². The van der Waals surface area contributed by atoms with Crippen LogP contribution in [0.15, 0.2) is 18.2 Å². The highest BCUT2D eigenvalue weighted by atomic mass is 16.5. The highest BCUT2D eigenvalue weighted by molar-refractivity contribution is 5.42. The van der Waals surface area contributed by atoms with Gasteiger partial charge in [-0.3, -0.25) is 0 Å². The summed E-state index contributed by atoms with van der Waals surface area (Å²) in [4.78, 5) is 0. The fraction of sp³-hybridized carbons (Fsp3) is 0.700. The molecule has 0 fully saturated rings. The normalized spacial score (nSPS) is 13.5. The van der Waals surface area contributed by atoms with Crippen LogP contribution in [0.1, 0.15) is 51.0 Å². The summed E-state index contributed by atoms with van der Waals surface area (Å²) >= 11 is 0. The van der Waals surface area contributed by atoms with Crippen molar-refractivity contribution < 1.29 is 18.9 Å². The molecule has 2 atom stereocenters. The van der Waals surface area contributed by atoms with Gasteiger partial charge in [0.05, 0.1) is 26.4 Å². The number of methoxy groups -OCH3 is 4. The molecule has 0 spiro atoms. The van der Waals surface area contributed by atoms with Crippen molar-refractivity contribution in [2.45, 2.75) is 64.1 Å². The summed E-state index contributed by atoms with van der Waals surface area (Å²) in [6.07, 6.45) is 8.21. The Morgan fingerprint density at radius 2 is 1.50 bits per heavy atom. The Hall–Kier alpha value is -1.26. The van der Waals surface area contributed by atoms with E-state index in [2.05, 4.69) is 13.0 Å². The molecule has 4 nitrogen and oxygen atoms in total. The predicted molar refractivity (Wildman–Crippen MR) is 98.2 cm³/mol. The van der Waals surface area contributed by atoms with Gasteiger partial charge in [-0.25, -0.2) is 0 Å². The molecule has 0 aliphatic carbocycles. The van der Waals surface area contributed by atoms with Gasteiger partial charge in [0.15, 0.2) is 11.5 Å². The first-order chi connectivity index (χ1) is 11.7. The number of hydrogen-bond donors (Lipinski definition) is 0. The minimum atomic E-state index is 0.213. The van der Waals surface area contributed by atoms with Gasteiger partial charge in [-0.05, 0) is 43.4 Å². The molecule has 1 aromatic rings.